The number of hydrogen-bond donors (Lipinski definition) is 0. The van der Waals surface area contributed by atoms with Crippen LogP contribution >= 0.6 is 0 Å². The highest BCUT2D eigenvalue weighted by atomic mass is 19.1. The molecule has 0 amide bonds. The van der Waals surface area contributed by atoms with E-state index in [0.717, 1.165) is 77.6 Å². The van der Waals surface area contributed by atoms with Crippen molar-refractivity contribution in [3.05, 3.63) is 276 Å². The zero-order valence-electron chi connectivity index (χ0n) is 40.2. The predicted molar refractivity (Wildman–Crippen MR) is 294 cm³/mol. The maximum absolute atomic E-state index is 14.9. The van der Waals surface area contributed by atoms with Crippen molar-refractivity contribution in [1.82, 2.24) is 0 Å². The molecular weight excluding hydrogens is 871 g/mol. The van der Waals surface area contributed by atoms with Gasteiger partial charge in [0.2, 0.25) is 0 Å². The fourth-order valence-corrected chi connectivity index (χ4v) is 11.4. The lowest BCUT2D eigenvalue weighted by atomic mass is 9.66. The van der Waals surface area contributed by atoms with Gasteiger partial charge in [0.1, 0.15) is 11.6 Å². The molecule has 344 valence electrons. The summed E-state index contributed by atoms with van der Waals surface area (Å²) >= 11 is 0. The normalized spacial score (nSPS) is 12.7. The first kappa shape index (κ1) is 43.9. The SMILES string of the molecule is CC(C)c1ccc(N(c2ccc(F)cc2)c2ccc3c4c(c5ccccc5c3c2)-c2c(cc(N(c3ccc(F)cc3)c3ccc(C(C)C)cc3)c3ccccc23)C4(c2ccccc2)c2ccccc2)cc1. The lowest BCUT2D eigenvalue weighted by molar-refractivity contribution is 0.627. The predicted octanol–water partition coefficient (Wildman–Crippen LogP) is 19.0. The Morgan fingerprint density at radius 3 is 1.24 bits per heavy atom. The Morgan fingerprint density at radius 1 is 0.338 bits per heavy atom. The van der Waals surface area contributed by atoms with Crippen LogP contribution in [-0.4, -0.2) is 0 Å². The van der Waals surface area contributed by atoms with E-state index in [9.17, 15) is 8.78 Å². The molecule has 1 aliphatic carbocycles. The molecule has 0 aromatic heterocycles. The Morgan fingerprint density at radius 2 is 0.746 bits per heavy atom. The molecule has 0 radical (unpaired) electrons. The van der Waals surface area contributed by atoms with E-state index in [1.165, 1.54) is 45.5 Å². The molecule has 0 N–H and O–H groups in total. The van der Waals surface area contributed by atoms with E-state index in [1.807, 2.05) is 24.3 Å². The molecule has 0 heterocycles. The minimum Gasteiger partial charge on any atom is -0.310 e. The van der Waals surface area contributed by atoms with Gasteiger partial charge in [-0.1, -0.05) is 167 Å². The van der Waals surface area contributed by atoms with Gasteiger partial charge in [0.25, 0.3) is 0 Å². The maximum atomic E-state index is 14.9. The van der Waals surface area contributed by atoms with E-state index in [1.54, 1.807) is 12.1 Å². The average molecular weight is 923 g/mol. The Hall–Kier alpha value is -8.34. The molecule has 0 saturated heterocycles. The largest absolute Gasteiger partial charge is 0.310 e. The van der Waals surface area contributed by atoms with Crippen molar-refractivity contribution in [3.63, 3.8) is 0 Å². The third-order valence-corrected chi connectivity index (χ3v) is 14.8. The lowest BCUT2D eigenvalue weighted by Gasteiger charge is -2.36. The summed E-state index contributed by atoms with van der Waals surface area (Å²) in [6, 6.07) is 80.2. The zero-order chi connectivity index (χ0) is 48.4. The van der Waals surface area contributed by atoms with Crippen LogP contribution in [0.25, 0.3) is 43.4 Å². The second-order valence-electron chi connectivity index (χ2n) is 19.5. The molecule has 0 saturated carbocycles. The van der Waals surface area contributed by atoms with Crippen LogP contribution in [0.3, 0.4) is 0 Å². The molecule has 0 spiro atoms. The Kier molecular flexibility index (Phi) is 10.9. The Balaban J connectivity index is 1.21. The molecule has 2 nitrogen and oxygen atoms in total. The monoisotopic (exact) mass is 922 g/mol. The molecule has 11 aromatic rings. The highest BCUT2D eigenvalue weighted by molar-refractivity contribution is 6.24. The summed E-state index contributed by atoms with van der Waals surface area (Å²) in [5, 5.41) is 6.79. The van der Waals surface area contributed by atoms with Gasteiger partial charge in [0, 0.05) is 33.8 Å². The van der Waals surface area contributed by atoms with E-state index in [2.05, 4.69) is 219 Å². The molecule has 11 aromatic carbocycles. The second kappa shape index (κ2) is 17.6. The summed E-state index contributed by atoms with van der Waals surface area (Å²) in [5.41, 5.74) is 14.5. The summed E-state index contributed by atoms with van der Waals surface area (Å²) in [6.45, 7) is 8.84. The first-order valence-electron chi connectivity index (χ1n) is 24.7. The van der Waals surface area contributed by atoms with Crippen molar-refractivity contribution in [3.8, 4) is 11.1 Å². The summed E-state index contributed by atoms with van der Waals surface area (Å²) in [4.78, 5) is 4.54. The van der Waals surface area contributed by atoms with Crippen LogP contribution in [-0.2, 0) is 5.41 Å². The van der Waals surface area contributed by atoms with E-state index < -0.39 is 5.41 Å². The highest BCUT2D eigenvalue weighted by Crippen LogP contribution is 2.63. The van der Waals surface area contributed by atoms with Crippen molar-refractivity contribution in [2.45, 2.75) is 44.9 Å². The van der Waals surface area contributed by atoms with E-state index in [4.69, 9.17) is 0 Å². The smallest absolute Gasteiger partial charge is 0.123 e. The number of rotatable bonds is 10. The van der Waals surface area contributed by atoms with Crippen LogP contribution in [0.2, 0.25) is 0 Å². The van der Waals surface area contributed by atoms with Crippen LogP contribution in [0.15, 0.2) is 231 Å². The van der Waals surface area contributed by atoms with Gasteiger partial charge in [-0.25, -0.2) is 8.78 Å². The zero-order valence-corrected chi connectivity index (χ0v) is 40.2. The molecule has 12 rings (SSSR count). The molecule has 0 atom stereocenters. The molecule has 0 fully saturated rings. The van der Waals surface area contributed by atoms with Crippen LogP contribution in [0.5, 0.6) is 0 Å². The van der Waals surface area contributed by atoms with Gasteiger partial charge in [-0.3, -0.25) is 0 Å². The average Bonchev–Trinajstić information content (AvgIpc) is 3.73. The molecule has 4 heteroatoms. The number of hydrogen-bond acceptors (Lipinski definition) is 2. The quantitative estimate of drug-likeness (QED) is 0.126. The van der Waals surface area contributed by atoms with Gasteiger partial charge >= 0.3 is 0 Å². The van der Waals surface area contributed by atoms with Crippen molar-refractivity contribution in [1.29, 1.82) is 0 Å². The minimum atomic E-state index is -0.810. The van der Waals surface area contributed by atoms with Crippen LogP contribution in [0.4, 0.5) is 42.9 Å². The summed E-state index contributed by atoms with van der Waals surface area (Å²) < 4.78 is 29.5. The lowest BCUT2D eigenvalue weighted by Crippen LogP contribution is -2.29. The van der Waals surface area contributed by atoms with Crippen LogP contribution in [0, 0.1) is 11.6 Å². The fraction of sp³-hybridized carbons (Fsp3) is 0.104. The molecule has 0 unspecified atom stereocenters. The van der Waals surface area contributed by atoms with Crippen LogP contribution in [0.1, 0.15) is 72.9 Å². The minimum absolute atomic E-state index is 0.276. The van der Waals surface area contributed by atoms with Gasteiger partial charge in [0.15, 0.2) is 0 Å². The number of anilines is 6. The Bertz CT molecular complexity index is 3710. The third-order valence-electron chi connectivity index (χ3n) is 14.8. The Labute approximate surface area is 414 Å². The number of fused-ring (bicyclic) bond motifs is 10. The van der Waals surface area contributed by atoms with Crippen LogP contribution < -0.4 is 9.80 Å². The fourth-order valence-electron chi connectivity index (χ4n) is 11.4. The number of halogens is 2. The summed E-state index contributed by atoms with van der Waals surface area (Å²) in [6.07, 6.45) is 0. The standard InChI is InChI=1S/C67H52F2N2/c1-43(2)45-23-31-51(32-24-45)70(52-35-27-49(68)28-36-52)55-39-40-60-61(41-55)56-19-11-13-21-58(56)65-64-59-22-14-12-20-57(59)63(71(54-37-29-50(69)30-38-54)53-33-25-46(26-34-53)44(3)4)42-62(64)67(66(60)65,47-15-7-5-8-16-47)48-17-9-6-10-18-48/h5-44H,1-4H3. The molecular formula is C67H52F2N2. The number of benzene rings is 11. The van der Waals surface area contributed by atoms with Gasteiger partial charge < -0.3 is 9.80 Å². The summed E-state index contributed by atoms with van der Waals surface area (Å²) in [5.74, 6) is 0.189. The highest BCUT2D eigenvalue weighted by Gasteiger charge is 2.49. The molecule has 0 bridgehead atoms. The van der Waals surface area contributed by atoms with Gasteiger partial charge in [-0.05, 0) is 174 Å². The van der Waals surface area contributed by atoms with Crippen molar-refractivity contribution >= 4 is 66.4 Å². The van der Waals surface area contributed by atoms with Crippen molar-refractivity contribution < 1.29 is 8.78 Å². The van der Waals surface area contributed by atoms with Gasteiger partial charge in [-0.15, -0.1) is 0 Å². The number of nitrogens with zero attached hydrogens (tertiary/aromatic N) is 2. The molecule has 1 aliphatic rings. The van der Waals surface area contributed by atoms with E-state index in [0.29, 0.717) is 11.8 Å². The maximum Gasteiger partial charge on any atom is 0.123 e. The van der Waals surface area contributed by atoms with Gasteiger partial charge in [-0.2, -0.15) is 0 Å². The summed E-state index contributed by atoms with van der Waals surface area (Å²) in [7, 11) is 0. The third kappa shape index (κ3) is 7.19. The first-order valence-corrected chi connectivity index (χ1v) is 24.7. The van der Waals surface area contributed by atoms with Crippen molar-refractivity contribution in [2.75, 3.05) is 9.80 Å². The van der Waals surface area contributed by atoms with E-state index >= 15 is 0 Å². The van der Waals surface area contributed by atoms with Gasteiger partial charge in [0.05, 0.1) is 11.1 Å². The van der Waals surface area contributed by atoms with Crippen molar-refractivity contribution in [2.24, 2.45) is 0 Å². The first-order chi connectivity index (χ1) is 34.7. The second-order valence-corrected chi connectivity index (χ2v) is 19.5. The topological polar surface area (TPSA) is 6.48 Å². The molecule has 71 heavy (non-hydrogen) atoms. The van der Waals surface area contributed by atoms with E-state index in [-0.39, 0.29) is 11.6 Å². The molecule has 0 aliphatic heterocycles.